The van der Waals surface area contributed by atoms with Gasteiger partial charge in [-0.25, -0.2) is 4.39 Å². The van der Waals surface area contributed by atoms with E-state index in [-0.39, 0.29) is 29.8 Å². The van der Waals surface area contributed by atoms with Crippen molar-refractivity contribution in [3.05, 3.63) is 30.1 Å². The summed E-state index contributed by atoms with van der Waals surface area (Å²) in [6.07, 6.45) is 2.90. The van der Waals surface area contributed by atoms with Crippen LogP contribution in [0, 0.1) is 5.82 Å². The normalized spacial score (nSPS) is 10.9. The standard InChI is InChI=1S/C18H30FN3O2.HI/c1-3-20-18(21-12-5-6-14-23-4-2)22-13-7-15-24-17-10-8-16(19)9-11-17;/h8-11H,3-7,12-15H2,1-2H3,(H2,20,21,22);1H. The molecule has 7 heteroatoms. The molecule has 0 aromatic heterocycles. The fraction of sp³-hybridized carbons (Fsp3) is 0.611. The van der Waals surface area contributed by atoms with E-state index in [1.54, 1.807) is 12.1 Å². The van der Waals surface area contributed by atoms with Crippen LogP contribution in [0.25, 0.3) is 0 Å². The Morgan fingerprint density at radius 3 is 2.48 bits per heavy atom. The molecule has 0 bridgehead atoms. The zero-order valence-electron chi connectivity index (χ0n) is 15.2. The second-order valence-electron chi connectivity index (χ2n) is 5.25. The Morgan fingerprint density at radius 1 is 1.04 bits per heavy atom. The number of nitrogens with zero attached hydrogens (tertiary/aromatic N) is 1. The number of hydrogen-bond acceptors (Lipinski definition) is 3. The molecule has 2 N–H and O–H groups in total. The van der Waals surface area contributed by atoms with E-state index in [0.717, 1.165) is 51.5 Å². The predicted molar refractivity (Wildman–Crippen MR) is 112 cm³/mol. The zero-order chi connectivity index (χ0) is 17.5. The van der Waals surface area contributed by atoms with Crippen LogP contribution in [0.15, 0.2) is 29.3 Å². The highest BCUT2D eigenvalue weighted by Crippen LogP contribution is 2.11. The summed E-state index contributed by atoms with van der Waals surface area (Å²) in [5.41, 5.74) is 0. The molecule has 0 aliphatic rings. The molecule has 0 aliphatic carbocycles. The van der Waals surface area contributed by atoms with E-state index in [1.165, 1.54) is 12.1 Å². The third-order valence-corrected chi connectivity index (χ3v) is 3.21. The van der Waals surface area contributed by atoms with Crippen molar-refractivity contribution in [2.45, 2.75) is 33.1 Å². The monoisotopic (exact) mass is 467 g/mol. The van der Waals surface area contributed by atoms with Gasteiger partial charge in [-0.1, -0.05) is 0 Å². The molecule has 0 fully saturated rings. The number of rotatable bonds is 12. The van der Waals surface area contributed by atoms with Crippen LogP contribution in [-0.2, 0) is 4.74 Å². The van der Waals surface area contributed by atoms with Crippen molar-refractivity contribution in [3.8, 4) is 5.75 Å². The lowest BCUT2D eigenvalue weighted by atomic mass is 10.3. The van der Waals surface area contributed by atoms with Gasteiger partial charge in [-0.3, -0.25) is 4.99 Å². The number of hydrogen-bond donors (Lipinski definition) is 2. The lowest BCUT2D eigenvalue weighted by Crippen LogP contribution is -2.38. The van der Waals surface area contributed by atoms with E-state index in [2.05, 4.69) is 15.6 Å². The molecule has 0 radical (unpaired) electrons. The Labute approximate surface area is 167 Å². The third kappa shape index (κ3) is 12.9. The van der Waals surface area contributed by atoms with Gasteiger partial charge >= 0.3 is 0 Å². The van der Waals surface area contributed by atoms with Crippen molar-refractivity contribution in [3.63, 3.8) is 0 Å². The van der Waals surface area contributed by atoms with Crippen molar-refractivity contribution < 1.29 is 13.9 Å². The summed E-state index contributed by atoms with van der Waals surface area (Å²) >= 11 is 0. The van der Waals surface area contributed by atoms with Crippen LogP contribution in [-0.4, -0.2) is 45.4 Å². The quantitative estimate of drug-likeness (QED) is 0.214. The number of unbranched alkanes of at least 4 members (excludes halogenated alkanes) is 1. The van der Waals surface area contributed by atoms with Gasteiger partial charge in [0.1, 0.15) is 11.6 Å². The van der Waals surface area contributed by atoms with Gasteiger partial charge in [0, 0.05) is 39.3 Å². The van der Waals surface area contributed by atoms with Gasteiger partial charge in [0.15, 0.2) is 5.96 Å². The highest BCUT2D eigenvalue weighted by molar-refractivity contribution is 14.0. The van der Waals surface area contributed by atoms with E-state index >= 15 is 0 Å². The first-order valence-corrected chi connectivity index (χ1v) is 8.74. The van der Waals surface area contributed by atoms with Crippen molar-refractivity contribution >= 4 is 29.9 Å². The number of aliphatic imine (C=N–C) groups is 1. The molecule has 25 heavy (non-hydrogen) atoms. The maximum absolute atomic E-state index is 12.8. The summed E-state index contributed by atoms with van der Waals surface area (Å²) in [6.45, 7) is 8.59. The minimum absolute atomic E-state index is 0. The highest BCUT2D eigenvalue weighted by atomic mass is 127. The van der Waals surface area contributed by atoms with Gasteiger partial charge in [-0.15, -0.1) is 24.0 Å². The lowest BCUT2D eigenvalue weighted by Gasteiger charge is -2.11. The van der Waals surface area contributed by atoms with E-state index < -0.39 is 0 Å². The lowest BCUT2D eigenvalue weighted by molar-refractivity contribution is 0.143. The van der Waals surface area contributed by atoms with Gasteiger partial charge in [0.25, 0.3) is 0 Å². The van der Waals surface area contributed by atoms with Gasteiger partial charge in [0.05, 0.1) is 6.61 Å². The van der Waals surface area contributed by atoms with Crippen LogP contribution >= 0.6 is 24.0 Å². The summed E-state index contributed by atoms with van der Waals surface area (Å²) in [5.74, 6) is 1.25. The largest absolute Gasteiger partial charge is 0.494 e. The van der Waals surface area contributed by atoms with Gasteiger partial charge in [0.2, 0.25) is 0 Å². The van der Waals surface area contributed by atoms with Gasteiger partial charge in [-0.2, -0.15) is 0 Å². The Morgan fingerprint density at radius 2 is 1.80 bits per heavy atom. The maximum atomic E-state index is 12.8. The summed E-state index contributed by atoms with van der Waals surface area (Å²) in [6, 6.07) is 6.05. The Hall–Kier alpha value is -1.09. The predicted octanol–water partition coefficient (Wildman–Crippen LogP) is 3.58. The van der Waals surface area contributed by atoms with Crippen LogP contribution < -0.4 is 15.4 Å². The molecule has 0 spiro atoms. The molecule has 1 aromatic carbocycles. The third-order valence-electron chi connectivity index (χ3n) is 3.21. The molecule has 5 nitrogen and oxygen atoms in total. The van der Waals surface area contributed by atoms with Crippen LogP contribution in [0.2, 0.25) is 0 Å². The van der Waals surface area contributed by atoms with Crippen LogP contribution in [0.1, 0.15) is 33.1 Å². The molecule has 0 atom stereocenters. The number of nitrogens with one attached hydrogen (secondary N) is 2. The molecule has 0 amide bonds. The van der Waals surface area contributed by atoms with Crippen molar-refractivity contribution in [2.75, 3.05) is 39.5 Å². The summed E-state index contributed by atoms with van der Waals surface area (Å²) < 4.78 is 23.6. The fourth-order valence-electron chi connectivity index (χ4n) is 2.00. The van der Waals surface area contributed by atoms with Crippen LogP contribution in [0.4, 0.5) is 4.39 Å². The zero-order valence-corrected chi connectivity index (χ0v) is 17.6. The molecule has 0 saturated heterocycles. The van der Waals surface area contributed by atoms with E-state index in [0.29, 0.717) is 18.9 Å². The minimum atomic E-state index is -0.255. The van der Waals surface area contributed by atoms with Crippen molar-refractivity contribution in [1.82, 2.24) is 10.6 Å². The van der Waals surface area contributed by atoms with Gasteiger partial charge in [-0.05, 0) is 51.0 Å². The van der Waals surface area contributed by atoms with Gasteiger partial charge < -0.3 is 20.1 Å². The number of guanidine groups is 1. The first-order chi connectivity index (χ1) is 11.8. The SMILES string of the molecule is CCNC(=NCCCOc1ccc(F)cc1)NCCCCOCC.I. The molecule has 144 valence electrons. The maximum Gasteiger partial charge on any atom is 0.191 e. The molecule has 1 rings (SSSR count). The van der Waals surface area contributed by atoms with Crippen LogP contribution in [0.5, 0.6) is 5.75 Å². The summed E-state index contributed by atoms with van der Waals surface area (Å²) in [7, 11) is 0. The minimum Gasteiger partial charge on any atom is -0.494 e. The van der Waals surface area contributed by atoms with E-state index in [4.69, 9.17) is 9.47 Å². The Bertz CT molecular complexity index is 458. The highest BCUT2D eigenvalue weighted by Gasteiger charge is 1.98. The van der Waals surface area contributed by atoms with Crippen LogP contribution in [0.3, 0.4) is 0 Å². The second-order valence-corrected chi connectivity index (χ2v) is 5.25. The number of benzene rings is 1. The first kappa shape index (κ1) is 23.9. The summed E-state index contributed by atoms with van der Waals surface area (Å²) in [4.78, 5) is 4.52. The number of halogens is 2. The molecular formula is C18H31FIN3O2. The molecule has 0 unspecified atom stereocenters. The molecule has 0 heterocycles. The smallest absolute Gasteiger partial charge is 0.191 e. The molecule has 0 saturated carbocycles. The average molecular weight is 467 g/mol. The van der Waals surface area contributed by atoms with Crippen molar-refractivity contribution in [2.24, 2.45) is 4.99 Å². The number of ether oxygens (including phenoxy) is 2. The Balaban J connectivity index is 0.00000576. The average Bonchev–Trinajstić information content (AvgIpc) is 2.59. The molecular weight excluding hydrogens is 436 g/mol. The fourth-order valence-corrected chi connectivity index (χ4v) is 2.00. The van der Waals surface area contributed by atoms with Crippen molar-refractivity contribution in [1.29, 1.82) is 0 Å². The molecule has 0 aliphatic heterocycles. The van der Waals surface area contributed by atoms with E-state index in [1.807, 2.05) is 13.8 Å². The molecule has 1 aromatic rings. The van der Waals surface area contributed by atoms with E-state index in [9.17, 15) is 4.39 Å². The second kappa shape index (κ2) is 16.4. The Kier molecular flexibility index (Phi) is 15.7. The topological polar surface area (TPSA) is 54.9 Å². The summed E-state index contributed by atoms with van der Waals surface area (Å²) in [5, 5.41) is 6.54. The first-order valence-electron chi connectivity index (χ1n) is 8.74.